The number of hydrogen-bond donors (Lipinski definition) is 1. The van der Waals surface area contributed by atoms with Gasteiger partial charge in [0, 0.05) is 12.7 Å². The normalized spacial score (nSPS) is 11.6. The van der Waals surface area contributed by atoms with E-state index in [4.69, 9.17) is 4.42 Å². The second kappa shape index (κ2) is 8.63. The molecule has 0 saturated heterocycles. The molecule has 0 bridgehead atoms. The number of sulfonamides is 1. The highest BCUT2D eigenvalue weighted by molar-refractivity contribution is 7.89. The van der Waals surface area contributed by atoms with Gasteiger partial charge in [0.1, 0.15) is 5.76 Å². The van der Waals surface area contributed by atoms with Crippen LogP contribution >= 0.6 is 0 Å². The molecule has 1 amide bonds. The highest BCUT2D eigenvalue weighted by Crippen LogP contribution is 2.20. The summed E-state index contributed by atoms with van der Waals surface area (Å²) >= 11 is 0. The first-order chi connectivity index (χ1) is 13.8. The first-order valence-corrected chi connectivity index (χ1v) is 10.8. The van der Waals surface area contributed by atoms with Crippen molar-refractivity contribution in [2.75, 3.05) is 12.4 Å². The molecule has 0 fully saturated rings. The number of benzene rings is 2. The SMILES string of the molecule is CCc1ccccc1NC(=O)c1ccc(CN(C)S(=O)(=O)c2ccc(C)cc2)o1. The van der Waals surface area contributed by atoms with Crippen molar-refractivity contribution >= 4 is 21.6 Å². The van der Waals surface area contributed by atoms with E-state index in [0.717, 1.165) is 23.2 Å². The summed E-state index contributed by atoms with van der Waals surface area (Å²) in [5.74, 6) is 0.144. The van der Waals surface area contributed by atoms with E-state index in [1.165, 1.54) is 11.4 Å². The molecule has 6 nitrogen and oxygen atoms in total. The molecule has 1 N–H and O–H groups in total. The molecule has 0 spiro atoms. The second-order valence-electron chi connectivity index (χ2n) is 6.80. The summed E-state index contributed by atoms with van der Waals surface area (Å²) in [4.78, 5) is 12.7. The maximum atomic E-state index is 12.7. The van der Waals surface area contributed by atoms with E-state index in [-0.39, 0.29) is 23.1 Å². The zero-order valence-corrected chi connectivity index (χ0v) is 17.5. The molecule has 1 heterocycles. The Bertz CT molecular complexity index is 1100. The first-order valence-electron chi connectivity index (χ1n) is 9.32. The van der Waals surface area contributed by atoms with Crippen LogP contribution in [0.2, 0.25) is 0 Å². The van der Waals surface area contributed by atoms with Crippen LogP contribution < -0.4 is 5.32 Å². The molecular formula is C22H24N2O4S. The summed E-state index contributed by atoms with van der Waals surface area (Å²) < 4.78 is 32.2. The number of furan rings is 1. The Morgan fingerprint density at radius 1 is 1.03 bits per heavy atom. The fraction of sp³-hybridized carbons (Fsp3) is 0.227. The zero-order chi connectivity index (χ0) is 21.0. The fourth-order valence-corrected chi connectivity index (χ4v) is 4.05. The Kier molecular flexibility index (Phi) is 6.20. The van der Waals surface area contributed by atoms with E-state index < -0.39 is 10.0 Å². The van der Waals surface area contributed by atoms with Crippen LogP contribution in [0, 0.1) is 6.92 Å². The van der Waals surface area contributed by atoms with Crippen LogP contribution in [-0.2, 0) is 23.0 Å². The number of carbonyl (C=O) groups is 1. The molecule has 0 radical (unpaired) electrons. The van der Waals surface area contributed by atoms with Crippen LogP contribution in [0.15, 0.2) is 70.0 Å². The van der Waals surface area contributed by atoms with Gasteiger partial charge in [-0.3, -0.25) is 4.79 Å². The van der Waals surface area contributed by atoms with Crippen molar-refractivity contribution in [2.24, 2.45) is 0 Å². The van der Waals surface area contributed by atoms with Gasteiger partial charge in [-0.15, -0.1) is 0 Å². The van der Waals surface area contributed by atoms with Gasteiger partial charge in [0.2, 0.25) is 10.0 Å². The molecule has 1 aromatic heterocycles. The van der Waals surface area contributed by atoms with Crippen molar-refractivity contribution < 1.29 is 17.6 Å². The third-order valence-corrected chi connectivity index (χ3v) is 6.46. The average Bonchev–Trinajstić information content (AvgIpc) is 3.17. The van der Waals surface area contributed by atoms with Gasteiger partial charge in [-0.05, 0) is 49.2 Å². The number of nitrogens with zero attached hydrogens (tertiary/aromatic N) is 1. The monoisotopic (exact) mass is 412 g/mol. The predicted molar refractivity (Wildman–Crippen MR) is 112 cm³/mol. The molecule has 29 heavy (non-hydrogen) atoms. The lowest BCUT2D eigenvalue weighted by Gasteiger charge is -2.16. The van der Waals surface area contributed by atoms with E-state index in [2.05, 4.69) is 5.32 Å². The number of anilines is 1. The van der Waals surface area contributed by atoms with Gasteiger partial charge in [0.15, 0.2) is 5.76 Å². The number of para-hydroxylation sites is 1. The quantitative estimate of drug-likeness (QED) is 0.630. The summed E-state index contributed by atoms with van der Waals surface area (Å²) in [6, 6.07) is 17.4. The smallest absolute Gasteiger partial charge is 0.291 e. The van der Waals surface area contributed by atoms with E-state index in [1.54, 1.807) is 36.4 Å². The largest absolute Gasteiger partial charge is 0.455 e. The number of amides is 1. The molecule has 2 aromatic carbocycles. The molecule has 3 rings (SSSR count). The molecule has 0 aliphatic heterocycles. The van der Waals surface area contributed by atoms with Gasteiger partial charge in [-0.25, -0.2) is 8.42 Å². The lowest BCUT2D eigenvalue weighted by atomic mass is 10.1. The third kappa shape index (κ3) is 4.75. The van der Waals surface area contributed by atoms with Crippen LogP contribution in [-0.4, -0.2) is 25.7 Å². The maximum Gasteiger partial charge on any atom is 0.291 e. The van der Waals surface area contributed by atoms with E-state index in [1.807, 2.05) is 38.1 Å². The van der Waals surface area contributed by atoms with Crippen molar-refractivity contribution in [2.45, 2.75) is 31.7 Å². The third-order valence-electron chi connectivity index (χ3n) is 4.64. The van der Waals surface area contributed by atoms with Crippen molar-refractivity contribution in [1.29, 1.82) is 0 Å². The molecule has 3 aromatic rings. The summed E-state index contributed by atoms with van der Waals surface area (Å²) in [5.41, 5.74) is 2.74. The maximum absolute atomic E-state index is 12.7. The standard InChI is InChI=1S/C22H24N2O4S/c1-4-17-7-5-6-8-20(17)23-22(25)21-14-11-18(28-21)15-24(3)29(26,27)19-12-9-16(2)10-13-19/h5-14H,4,15H2,1-3H3,(H,23,25). The van der Waals surface area contributed by atoms with Crippen LogP contribution in [0.25, 0.3) is 0 Å². The van der Waals surface area contributed by atoms with Crippen LogP contribution in [0.4, 0.5) is 5.69 Å². The Hall–Kier alpha value is -2.90. The molecule has 0 saturated carbocycles. The van der Waals surface area contributed by atoms with Gasteiger partial charge in [0.05, 0.1) is 11.4 Å². The Morgan fingerprint density at radius 3 is 2.41 bits per heavy atom. The molecule has 152 valence electrons. The summed E-state index contributed by atoms with van der Waals surface area (Å²) in [7, 11) is -2.17. The predicted octanol–water partition coefficient (Wildman–Crippen LogP) is 4.22. The van der Waals surface area contributed by atoms with Crippen LogP contribution in [0.5, 0.6) is 0 Å². The molecule has 0 atom stereocenters. The number of carbonyl (C=O) groups excluding carboxylic acids is 1. The van der Waals surface area contributed by atoms with Gasteiger partial charge in [-0.1, -0.05) is 42.8 Å². The topological polar surface area (TPSA) is 79.6 Å². The van der Waals surface area contributed by atoms with E-state index in [0.29, 0.717) is 5.76 Å². The Balaban J connectivity index is 1.71. The van der Waals surface area contributed by atoms with E-state index >= 15 is 0 Å². The van der Waals surface area contributed by atoms with Crippen molar-refractivity contribution in [1.82, 2.24) is 4.31 Å². The van der Waals surface area contributed by atoms with E-state index in [9.17, 15) is 13.2 Å². The minimum absolute atomic E-state index is 0.0229. The van der Waals surface area contributed by atoms with Gasteiger partial charge in [0.25, 0.3) is 5.91 Å². The number of hydrogen-bond acceptors (Lipinski definition) is 4. The summed E-state index contributed by atoms with van der Waals surface area (Å²) in [6.45, 7) is 3.93. The summed E-state index contributed by atoms with van der Waals surface area (Å²) in [6.07, 6.45) is 0.793. The van der Waals surface area contributed by atoms with Gasteiger partial charge < -0.3 is 9.73 Å². The summed E-state index contributed by atoms with van der Waals surface area (Å²) in [5, 5.41) is 2.84. The minimum Gasteiger partial charge on any atom is -0.455 e. The highest BCUT2D eigenvalue weighted by Gasteiger charge is 2.22. The van der Waals surface area contributed by atoms with Crippen molar-refractivity contribution in [3.63, 3.8) is 0 Å². The Morgan fingerprint density at radius 2 is 1.72 bits per heavy atom. The van der Waals surface area contributed by atoms with Crippen molar-refractivity contribution in [3.8, 4) is 0 Å². The molecular weight excluding hydrogens is 388 g/mol. The average molecular weight is 413 g/mol. The lowest BCUT2D eigenvalue weighted by molar-refractivity contribution is 0.0994. The minimum atomic E-state index is -3.65. The van der Waals surface area contributed by atoms with Crippen LogP contribution in [0.1, 0.15) is 34.4 Å². The van der Waals surface area contributed by atoms with Crippen molar-refractivity contribution in [3.05, 3.63) is 83.3 Å². The molecule has 0 unspecified atom stereocenters. The van der Waals surface area contributed by atoms with Gasteiger partial charge in [-0.2, -0.15) is 4.31 Å². The number of rotatable bonds is 7. The molecule has 0 aliphatic rings. The Labute approximate surface area is 171 Å². The lowest BCUT2D eigenvalue weighted by Crippen LogP contribution is -2.26. The number of aryl methyl sites for hydroxylation is 2. The second-order valence-corrected chi connectivity index (χ2v) is 8.85. The first kappa shape index (κ1) is 20.8. The fourth-order valence-electron chi connectivity index (χ4n) is 2.91. The van der Waals surface area contributed by atoms with Gasteiger partial charge >= 0.3 is 0 Å². The highest BCUT2D eigenvalue weighted by atomic mass is 32.2. The molecule has 0 aliphatic carbocycles. The van der Waals surface area contributed by atoms with Crippen LogP contribution in [0.3, 0.4) is 0 Å². The number of nitrogens with one attached hydrogen (secondary N) is 1. The zero-order valence-electron chi connectivity index (χ0n) is 16.7. The molecule has 7 heteroatoms.